The number of nitrogens with zero attached hydrogens (tertiary/aromatic N) is 1. The van der Waals surface area contributed by atoms with Crippen molar-refractivity contribution in [2.45, 2.75) is 13.5 Å². The summed E-state index contributed by atoms with van der Waals surface area (Å²) in [4.78, 5) is 26.0. The Labute approximate surface area is 164 Å². The summed E-state index contributed by atoms with van der Waals surface area (Å²) < 4.78 is 20.8. The van der Waals surface area contributed by atoms with Gasteiger partial charge in [0.2, 0.25) is 0 Å². The molecule has 2 rings (SSSR count). The van der Waals surface area contributed by atoms with Crippen molar-refractivity contribution in [2.24, 2.45) is 0 Å². The average Bonchev–Trinajstić information content (AvgIpc) is 2.72. The van der Waals surface area contributed by atoms with E-state index in [9.17, 15) is 9.59 Å². The number of hydrogen-bond acceptors (Lipinski definition) is 6. The molecule has 7 heteroatoms. The Bertz CT molecular complexity index is 781. The summed E-state index contributed by atoms with van der Waals surface area (Å²) in [5.74, 6) is 0.774. The van der Waals surface area contributed by atoms with Crippen LogP contribution < -0.4 is 14.2 Å². The molecule has 0 aromatic heterocycles. The molecular formula is C21H25NO6. The van der Waals surface area contributed by atoms with Gasteiger partial charge in [-0.25, -0.2) is 4.79 Å². The number of methoxy groups -OCH3 is 2. The number of rotatable bonds is 9. The highest BCUT2D eigenvalue weighted by molar-refractivity contribution is 5.92. The maximum Gasteiger partial charge on any atom is 0.338 e. The SMILES string of the molecule is CCOc1ccc(CN(C)C(=O)COC(=O)c2cc(OC)cc(OC)c2)cc1. The zero-order valence-corrected chi connectivity index (χ0v) is 16.6. The van der Waals surface area contributed by atoms with Gasteiger partial charge in [0, 0.05) is 19.7 Å². The minimum Gasteiger partial charge on any atom is -0.497 e. The second kappa shape index (κ2) is 10.2. The van der Waals surface area contributed by atoms with Gasteiger partial charge < -0.3 is 23.8 Å². The number of amides is 1. The Balaban J connectivity index is 1.91. The third-order valence-electron chi connectivity index (χ3n) is 3.99. The Kier molecular flexibility index (Phi) is 7.68. The van der Waals surface area contributed by atoms with Gasteiger partial charge in [-0.3, -0.25) is 4.79 Å². The topological polar surface area (TPSA) is 74.3 Å². The van der Waals surface area contributed by atoms with Gasteiger partial charge in [0.05, 0.1) is 26.4 Å². The normalized spacial score (nSPS) is 10.1. The van der Waals surface area contributed by atoms with E-state index >= 15 is 0 Å². The van der Waals surface area contributed by atoms with E-state index in [0.29, 0.717) is 24.7 Å². The quantitative estimate of drug-likeness (QED) is 0.616. The molecule has 0 bridgehead atoms. The summed E-state index contributed by atoms with van der Waals surface area (Å²) >= 11 is 0. The molecule has 0 aliphatic heterocycles. The third-order valence-corrected chi connectivity index (χ3v) is 3.99. The lowest BCUT2D eigenvalue weighted by molar-refractivity contribution is -0.133. The van der Waals surface area contributed by atoms with Crippen LogP contribution in [-0.2, 0) is 16.1 Å². The van der Waals surface area contributed by atoms with E-state index in [2.05, 4.69) is 0 Å². The fourth-order valence-corrected chi connectivity index (χ4v) is 2.47. The highest BCUT2D eigenvalue weighted by Gasteiger charge is 2.15. The Morgan fingerprint density at radius 3 is 2.07 bits per heavy atom. The first-order chi connectivity index (χ1) is 13.5. The van der Waals surface area contributed by atoms with Gasteiger partial charge in [-0.15, -0.1) is 0 Å². The summed E-state index contributed by atoms with van der Waals surface area (Å²) in [5, 5.41) is 0. The van der Waals surface area contributed by atoms with E-state index in [-0.39, 0.29) is 18.1 Å². The highest BCUT2D eigenvalue weighted by atomic mass is 16.5. The molecule has 28 heavy (non-hydrogen) atoms. The molecule has 0 N–H and O–H groups in total. The molecule has 2 aromatic rings. The second-order valence-electron chi connectivity index (χ2n) is 6.00. The Morgan fingerprint density at radius 2 is 1.54 bits per heavy atom. The van der Waals surface area contributed by atoms with E-state index in [1.807, 2.05) is 31.2 Å². The number of ether oxygens (including phenoxy) is 4. The maximum absolute atomic E-state index is 12.3. The molecule has 0 aliphatic rings. The summed E-state index contributed by atoms with van der Waals surface area (Å²) in [5.41, 5.74) is 1.20. The van der Waals surface area contributed by atoms with Gasteiger partial charge in [0.1, 0.15) is 17.2 Å². The van der Waals surface area contributed by atoms with Crippen LogP contribution >= 0.6 is 0 Å². The molecule has 0 heterocycles. The molecule has 0 spiro atoms. The van der Waals surface area contributed by atoms with Crippen molar-refractivity contribution in [3.8, 4) is 17.2 Å². The fourth-order valence-electron chi connectivity index (χ4n) is 2.47. The molecule has 0 unspecified atom stereocenters. The zero-order valence-electron chi connectivity index (χ0n) is 16.6. The van der Waals surface area contributed by atoms with Crippen molar-refractivity contribution in [3.05, 3.63) is 53.6 Å². The summed E-state index contributed by atoms with van der Waals surface area (Å²) in [7, 11) is 4.63. The van der Waals surface area contributed by atoms with Crippen molar-refractivity contribution in [1.82, 2.24) is 4.90 Å². The van der Waals surface area contributed by atoms with Crippen LogP contribution in [0, 0.1) is 0 Å². The monoisotopic (exact) mass is 387 g/mol. The van der Waals surface area contributed by atoms with E-state index in [1.54, 1.807) is 13.1 Å². The van der Waals surface area contributed by atoms with E-state index in [4.69, 9.17) is 18.9 Å². The van der Waals surface area contributed by atoms with E-state index < -0.39 is 5.97 Å². The number of likely N-dealkylation sites (N-methyl/N-ethyl adjacent to an activating group) is 1. The molecule has 0 saturated heterocycles. The van der Waals surface area contributed by atoms with Crippen LogP contribution in [0.4, 0.5) is 0 Å². The number of esters is 1. The summed E-state index contributed by atoms with van der Waals surface area (Å²) in [6, 6.07) is 12.2. The molecule has 0 aliphatic carbocycles. The standard InChI is InChI=1S/C21H25NO6/c1-5-27-17-8-6-15(7-9-17)13-22(2)20(23)14-28-21(24)16-10-18(25-3)12-19(11-16)26-4/h6-12H,5,13-14H2,1-4H3. The minimum atomic E-state index is -0.625. The molecule has 7 nitrogen and oxygen atoms in total. The van der Waals surface area contributed by atoms with Gasteiger partial charge >= 0.3 is 5.97 Å². The first-order valence-corrected chi connectivity index (χ1v) is 8.82. The third kappa shape index (κ3) is 5.90. The number of benzene rings is 2. The molecular weight excluding hydrogens is 362 g/mol. The second-order valence-corrected chi connectivity index (χ2v) is 6.00. The molecule has 0 fully saturated rings. The van der Waals surface area contributed by atoms with Gasteiger partial charge in [-0.05, 0) is 36.8 Å². The lowest BCUT2D eigenvalue weighted by Crippen LogP contribution is -2.30. The zero-order chi connectivity index (χ0) is 20.5. The van der Waals surface area contributed by atoms with E-state index in [0.717, 1.165) is 11.3 Å². The first kappa shape index (κ1) is 21.1. The van der Waals surface area contributed by atoms with E-state index in [1.165, 1.54) is 31.3 Å². The molecule has 0 saturated carbocycles. The van der Waals surface area contributed by atoms with Crippen molar-refractivity contribution in [3.63, 3.8) is 0 Å². The number of carbonyl (C=O) groups is 2. The lowest BCUT2D eigenvalue weighted by atomic mass is 10.2. The van der Waals surface area contributed by atoms with Gasteiger partial charge in [-0.2, -0.15) is 0 Å². The van der Waals surface area contributed by atoms with Crippen LogP contribution in [0.25, 0.3) is 0 Å². The number of carbonyl (C=O) groups excluding carboxylic acids is 2. The largest absolute Gasteiger partial charge is 0.497 e. The molecule has 0 radical (unpaired) electrons. The molecule has 150 valence electrons. The molecule has 1 amide bonds. The molecule has 0 atom stereocenters. The van der Waals surface area contributed by atoms with Crippen molar-refractivity contribution < 1.29 is 28.5 Å². The van der Waals surface area contributed by atoms with Crippen molar-refractivity contribution >= 4 is 11.9 Å². The average molecular weight is 387 g/mol. The first-order valence-electron chi connectivity index (χ1n) is 8.82. The Morgan fingerprint density at radius 1 is 0.929 bits per heavy atom. The summed E-state index contributed by atoms with van der Waals surface area (Å²) in [6.45, 7) is 2.56. The van der Waals surface area contributed by atoms with Crippen molar-refractivity contribution in [1.29, 1.82) is 0 Å². The maximum atomic E-state index is 12.3. The van der Waals surface area contributed by atoms with Gasteiger partial charge in [0.15, 0.2) is 6.61 Å². The summed E-state index contributed by atoms with van der Waals surface area (Å²) in [6.07, 6.45) is 0. The van der Waals surface area contributed by atoms with Crippen LogP contribution in [0.1, 0.15) is 22.8 Å². The highest BCUT2D eigenvalue weighted by Crippen LogP contribution is 2.23. The van der Waals surface area contributed by atoms with Crippen LogP contribution in [0.15, 0.2) is 42.5 Å². The predicted octanol–water partition coefficient (Wildman–Crippen LogP) is 2.92. The lowest BCUT2D eigenvalue weighted by Gasteiger charge is -2.17. The Hall–Kier alpha value is -3.22. The van der Waals surface area contributed by atoms with Gasteiger partial charge in [-0.1, -0.05) is 12.1 Å². The minimum absolute atomic E-state index is 0.248. The van der Waals surface area contributed by atoms with Crippen molar-refractivity contribution in [2.75, 3.05) is 34.5 Å². The smallest absolute Gasteiger partial charge is 0.338 e. The molecule has 2 aromatic carbocycles. The van der Waals surface area contributed by atoms with Crippen LogP contribution in [0.3, 0.4) is 0 Å². The van der Waals surface area contributed by atoms with Gasteiger partial charge in [0.25, 0.3) is 5.91 Å². The van der Waals surface area contributed by atoms with Crippen LogP contribution in [0.2, 0.25) is 0 Å². The fraction of sp³-hybridized carbons (Fsp3) is 0.333. The predicted molar refractivity (Wildman–Crippen MR) is 104 cm³/mol. The number of hydrogen-bond donors (Lipinski definition) is 0. The van der Waals surface area contributed by atoms with Crippen LogP contribution in [-0.4, -0.2) is 51.3 Å². The van der Waals surface area contributed by atoms with Crippen LogP contribution in [0.5, 0.6) is 17.2 Å².